The minimum absolute atomic E-state index is 0.180. The molecule has 3 nitrogen and oxygen atoms in total. The third-order valence-corrected chi connectivity index (χ3v) is 4.29. The number of carbonyl (C=O) groups is 1. The molecule has 0 aliphatic carbocycles. The molecule has 1 aliphatic heterocycles. The highest BCUT2D eigenvalue weighted by molar-refractivity contribution is 7.99. The van der Waals surface area contributed by atoms with Crippen molar-refractivity contribution in [2.45, 2.75) is 13.0 Å². The van der Waals surface area contributed by atoms with Crippen LogP contribution in [-0.2, 0) is 11.3 Å². The lowest BCUT2D eigenvalue weighted by atomic mass is 10.1. The first-order valence-electron chi connectivity index (χ1n) is 6.02. The van der Waals surface area contributed by atoms with Gasteiger partial charge in [0.2, 0.25) is 5.91 Å². The molecule has 18 heavy (non-hydrogen) atoms. The van der Waals surface area contributed by atoms with Crippen molar-refractivity contribution in [1.29, 1.82) is 5.26 Å². The number of hydrogen-bond acceptors (Lipinski definition) is 3. The van der Waals surface area contributed by atoms with Crippen LogP contribution in [-0.4, -0.2) is 29.4 Å². The smallest absolute Gasteiger partial charge is 0.226 e. The highest BCUT2D eigenvalue weighted by atomic mass is 32.2. The third kappa shape index (κ3) is 3.05. The minimum Gasteiger partial charge on any atom is -0.341 e. The summed E-state index contributed by atoms with van der Waals surface area (Å²) in [6.07, 6.45) is 0.992. The van der Waals surface area contributed by atoms with Gasteiger partial charge in [-0.1, -0.05) is 12.1 Å². The molecule has 4 heteroatoms. The molecule has 0 radical (unpaired) electrons. The average molecular weight is 260 g/mol. The van der Waals surface area contributed by atoms with Gasteiger partial charge < -0.3 is 4.90 Å². The summed E-state index contributed by atoms with van der Waals surface area (Å²) in [6.45, 7) is 0.579. The number of thioether (sulfide) groups is 1. The second kappa shape index (κ2) is 5.92. The topological polar surface area (TPSA) is 44.1 Å². The van der Waals surface area contributed by atoms with E-state index >= 15 is 0 Å². The molecule has 1 unspecified atom stereocenters. The molecular formula is C14H16N2OS. The molecule has 1 fully saturated rings. The Hall–Kier alpha value is -1.47. The van der Waals surface area contributed by atoms with Crippen molar-refractivity contribution in [3.63, 3.8) is 0 Å². The summed E-state index contributed by atoms with van der Waals surface area (Å²) >= 11 is 1.85. The summed E-state index contributed by atoms with van der Waals surface area (Å²) < 4.78 is 0. The van der Waals surface area contributed by atoms with Crippen molar-refractivity contribution in [2.24, 2.45) is 5.92 Å². The molecule has 1 atom stereocenters. The van der Waals surface area contributed by atoms with Crippen molar-refractivity contribution in [3.8, 4) is 6.07 Å². The van der Waals surface area contributed by atoms with Gasteiger partial charge in [0, 0.05) is 25.3 Å². The summed E-state index contributed by atoms with van der Waals surface area (Å²) in [5.41, 5.74) is 1.65. The van der Waals surface area contributed by atoms with Crippen molar-refractivity contribution >= 4 is 17.7 Å². The maximum absolute atomic E-state index is 12.2. The lowest BCUT2D eigenvalue weighted by Gasteiger charge is -2.20. The van der Waals surface area contributed by atoms with Crippen molar-refractivity contribution in [3.05, 3.63) is 35.4 Å². The van der Waals surface area contributed by atoms with E-state index in [1.807, 2.05) is 37.0 Å². The van der Waals surface area contributed by atoms with E-state index in [4.69, 9.17) is 5.26 Å². The first kappa shape index (κ1) is 13.0. The first-order valence-corrected chi connectivity index (χ1v) is 7.18. The quantitative estimate of drug-likeness (QED) is 0.837. The predicted molar refractivity (Wildman–Crippen MR) is 73.1 cm³/mol. The Kier molecular flexibility index (Phi) is 4.27. The van der Waals surface area contributed by atoms with Crippen molar-refractivity contribution in [1.82, 2.24) is 4.90 Å². The van der Waals surface area contributed by atoms with E-state index in [0.29, 0.717) is 12.1 Å². The summed E-state index contributed by atoms with van der Waals surface area (Å²) in [4.78, 5) is 13.9. The lowest BCUT2D eigenvalue weighted by Crippen LogP contribution is -2.32. The van der Waals surface area contributed by atoms with Crippen LogP contribution in [0, 0.1) is 17.2 Å². The fourth-order valence-corrected chi connectivity index (χ4v) is 3.34. The summed E-state index contributed by atoms with van der Waals surface area (Å²) in [7, 11) is 1.84. The second-order valence-electron chi connectivity index (χ2n) is 4.57. The van der Waals surface area contributed by atoms with E-state index in [9.17, 15) is 4.79 Å². The minimum atomic E-state index is 0.180. The normalized spacial score (nSPS) is 18.3. The molecular weight excluding hydrogens is 244 g/mol. The first-order chi connectivity index (χ1) is 8.70. The predicted octanol–water partition coefficient (Wildman–Crippen LogP) is 2.27. The zero-order valence-corrected chi connectivity index (χ0v) is 11.2. The van der Waals surface area contributed by atoms with Crippen molar-refractivity contribution < 1.29 is 4.79 Å². The number of hydrogen-bond donors (Lipinski definition) is 0. The molecule has 0 saturated carbocycles. The van der Waals surface area contributed by atoms with Gasteiger partial charge in [-0.15, -0.1) is 0 Å². The van der Waals surface area contributed by atoms with Crippen LogP contribution in [0.5, 0.6) is 0 Å². The Morgan fingerprint density at radius 1 is 1.61 bits per heavy atom. The second-order valence-corrected chi connectivity index (χ2v) is 5.72. The van der Waals surface area contributed by atoms with Gasteiger partial charge in [-0.25, -0.2) is 0 Å². The highest BCUT2D eigenvalue weighted by Crippen LogP contribution is 2.25. The molecule has 0 N–H and O–H groups in total. The van der Waals surface area contributed by atoms with Gasteiger partial charge in [0.15, 0.2) is 0 Å². The maximum atomic E-state index is 12.2. The molecule has 0 bridgehead atoms. The zero-order valence-electron chi connectivity index (χ0n) is 10.4. The average Bonchev–Trinajstić information content (AvgIpc) is 2.92. The SMILES string of the molecule is CN(Cc1cccc(C#N)c1)C(=O)C1CCSC1. The summed E-state index contributed by atoms with van der Waals surface area (Å²) in [6, 6.07) is 9.55. The molecule has 1 aromatic rings. The Morgan fingerprint density at radius 3 is 3.11 bits per heavy atom. The Balaban J connectivity index is 1.99. The van der Waals surface area contributed by atoms with E-state index in [0.717, 1.165) is 23.5 Å². The molecule has 2 rings (SSSR count). The van der Waals surface area contributed by atoms with Gasteiger partial charge in [-0.3, -0.25) is 4.79 Å². The number of amides is 1. The molecule has 0 aromatic heterocycles. The molecule has 94 valence electrons. The van der Waals surface area contributed by atoms with Crippen LogP contribution in [0.2, 0.25) is 0 Å². The number of rotatable bonds is 3. The van der Waals surface area contributed by atoms with Gasteiger partial charge in [-0.2, -0.15) is 17.0 Å². The van der Waals surface area contributed by atoms with E-state index < -0.39 is 0 Å². The largest absolute Gasteiger partial charge is 0.341 e. The lowest BCUT2D eigenvalue weighted by molar-refractivity contribution is -0.133. The van der Waals surface area contributed by atoms with E-state index in [1.165, 1.54) is 0 Å². The van der Waals surface area contributed by atoms with Crippen LogP contribution in [0.25, 0.3) is 0 Å². The van der Waals surface area contributed by atoms with Gasteiger partial charge in [0.25, 0.3) is 0 Å². The van der Waals surface area contributed by atoms with Crippen LogP contribution < -0.4 is 0 Å². The van der Waals surface area contributed by atoms with Gasteiger partial charge in [0.05, 0.1) is 11.6 Å². The molecule has 0 spiro atoms. The number of nitrogens with zero attached hydrogens (tertiary/aromatic N) is 2. The van der Waals surface area contributed by atoms with Crippen LogP contribution >= 0.6 is 11.8 Å². The highest BCUT2D eigenvalue weighted by Gasteiger charge is 2.25. The molecule has 1 saturated heterocycles. The standard InChI is InChI=1S/C14H16N2OS/c1-16(14(17)13-5-6-18-10-13)9-12-4-2-3-11(7-12)8-15/h2-4,7,13H,5-6,9-10H2,1H3. The van der Waals surface area contributed by atoms with Crippen LogP contribution in [0.4, 0.5) is 0 Å². The summed E-state index contributed by atoms with van der Waals surface area (Å²) in [5.74, 6) is 2.44. The molecule has 1 amide bonds. The van der Waals surface area contributed by atoms with E-state index in [2.05, 4.69) is 6.07 Å². The Morgan fingerprint density at radius 2 is 2.44 bits per heavy atom. The molecule has 1 aliphatic rings. The number of benzene rings is 1. The maximum Gasteiger partial charge on any atom is 0.226 e. The van der Waals surface area contributed by atoms with E-state index in [1.54, 1.807) is 11.0 Å². The number of carbonyl (C=O) groups excluding carboxylic acids is 1. The van der Waals surface area contributed by atoms with Crippen molar-refractivity contribution in [2.75, 3.05) is 18.6 Å². The van der Waals surface area contributed by atoms with Gasteiger partial charge in [-0.05, 0) is 29.9 Å². The van der Waals surface area contributed by atoms with E-state index in [-0.39, 0.29) is 11.8 Å². The fourth-order valence-electron chi connectivity index (χ4n) is 2.13. The fraction of sp³-hybridized carbons (Fsp3) is 0.429. The van der Waals surface area contributed by atoms with Crippen LogP contribution in [0.15, 0.2) is 24.3 Å². The zero-order chi connectivity index (χ0) is 13.0. The van der Waals surface area contributed by atoms with Crippen LogP contribution in [0.1, 0.15) is 17.5 Å². The number of nitriles is 1. The molecule has 1 aromatic carbocycles. The third-order valence-electron chi connectivity index (χ3n) is 3.13. The molecule has 1 heterocycles. The summed E-state index contributed by atoms with van der Waals surface area (Å²) in [5, 5.41) is 8.84. The Labute approximate surface area is 112 Å². The Bertz CT molecular complexity index is 475. The van der Waals surface area contributed by atoms with Gasteiger partial charge in [0.1, 0.15) is 0 Å². The van der Waals surface area contributed by atoms with Crippen LogP contribution in [0.3, 0.4) is 0 Å². The van der Waals surface area contributed by atoms with Gasteiger partial charge >= 0.3 is 0 Å². The monoisotopic (exact) mass is 260 g/mol.